The van der Waals surface area contributed by atoms with Crippen molar-refractivity contribution < 1.29 is 8.42 Å². The van der Waals surface area contributed by atoms with Gasteiger partial charge in [0.1, 0.15) is 4.90 Å². The van der Waals surface area contributed by atoms with Gasteiger partial charge in [-0.1, -0.05) is 11.6 Å². The molecule has 1 aromatic rings. The van der Waals surface area contributed by atoms with E-state index in [0.717, 1.165) is 19.3 Å². The zero-order chi connectivity index (χ0) is 13.0. The molecule has 2 N–H and O–H groups in total. The van der Waals surface area contributed by atoms with E-state index in [9.17, 15) is 8.42 Å². The fraction of sp³-hybridized carbons (Fsp3) is 0.583. The van der Waals surface area contributed by atoms with E-state index in [1.807, 2.05) is 0 Å². The number of aryl methyl sites for hydroxylation is 1. The van der Waals surface area contributed by atoms with Gasteiger partial charge in [0.05, 0.1) is 11.9 Å². The van der Waals surface area contributed by atoms with Crippen LogP contribution in [0.15, 0.2) is 22.7 Å². The monoisotopic (exact) mass is 269 g/mol. The summed E-state index contributed by atoms with van der Waals surface area (Å²) in [5.41, 5.74) is 1.94. The fourth-order valence-electron chi connectivity index (χ4n) is 2.17. The molecule has 0 atom stereocenters. The molecule has 0 radical (unpaired) electrons. The largest absolute Gasteiger partial charge is 0.281 e. The fourth-order valence-corrected chi connectivity index (χ4v) is 3.33. The number of aromatic nitrogens is 2. The van der Waals surface area contributed by atoms with E-state index >= 15 is 0 Å². The van der Waals surface area contributed by atoms with Gasteiger partial charge in [-0.05, 0) is 39.0 Å². The number of sulfonamides is 1. The van der Waals surface area contributed by atoms with Gasteiger partial charge in [0.2, 0.25) is 10.0 Å². The van der Waals surface area contributed by atoms with Crippen molar-refractivity contribution in [2.24, 2.45) is 0 Å². The molecule has 0 unspecified atom stereocenters. The van der Waals surface area contributed by atoms with Crippen LogP contribution in [0.2, 0.25) is 0 Å². The van der Waals surface area contributed by atoms with Crippen molar-refractivity contribution in [3.63, 3.8) is 0 Å². The average Bonchev–Trinajstić information content (AvgIpc) is 2.77. The quantitative estimate of drug-likeness (QED) is 0.801. The number of aromatic amines is 1. The molecule has 5 nitrogen and oxygen atoms in total. The molecule has 1 heterocycles. The number of nitrogens with one attached hydrogen (secondary N) is 2. The summed E-state index contributed by atoms with van der Waals surface area (Å²) in [6.07, 6.45) is 9.09. The van der Waals surface area contributed by atoms with E-state index in [0.29, 0.717) is 12.2 Å². The summed E-state index contributed by atoms with van der Waals surface area (Å²) in [5, 5.41) is 6.36. The second-order valence-corrected chi connectivity index (χ2v) is 6.35. The van der Waals surface area contributed by atoms with Crippen LogP contribution in [0.4, 0.5) is 0 Å². The van der Waals surface area contributed by atoms with E-state index < -0.39 is 10.0 Å². The molecule has 0 bridgehead atoms. The third-order valence-corrected chi connectivity index (χ3v) is 4.77. The maximum atomic E-state index is 12.0. The average molecular weight is 269 g/mol. The van der Waals surface area contributed by atoms with Crippen molar-refractivity contribution in [2.45, 2.75) is 43.9 Å². The second-order valence-electron chi connectivity index (χ2n) is 4.62. The molecule has 0 saturated heterocycles. The van der Waals surface area contributed by atoms with Gasteiger partial charge >= 0.3 is 0 Å². The number of allylic oxidation sites excluding steroid dienone is 1. The molecule has 100 valence electrons. The first-order valence-corrected chi connectivity index (χ1v) is 7.75. The maximum absolute atomic E-state index is 12.0. The first kappa shape index (κ1) is 13.3. The minimum Gasteiger partial charge on any atom is -0.281 e. The molecule has 0 aromatic carbocycles. The summed E-state index contributed by atoms with van der Waals surface area (Å²) < 4.78 is 26.6. The molecule has 0 amide bonds. The highest BCUT2D eigenvalue weighted by molar-refractivity contribution is 7.89. The van der Waals surface area contributed by atoms with Crippen LogP contribution in [0.5, 0.6) is 0 Å². The normalized spacial score (nSPS) is 16.6. The van der Waals surface area contributed by atoms with Crippen molar-refractivity contribution in [1.82, 2.24) is 14.9 Å². The Hall–Kier alpha value is -1.14. The van der Waals surface area contributed by atoms with Gasteiger partial charge in [-0.25, -0.2) is 13.1 Å². The minimum absolute atomic E-state index is 0.236. The summed E-state index contributed by atoms with van der Waals surface area (Å²) in [6.45, 7) is 2.16. The Labute approximate surface area is 108 Å². The Bertz CT molecular complexity index is 531. The highest BCUT2D eigenvalue weighted by Crippen LogP contribution is 2.19. The molecular weight excluding hydrogens is 250 g/mol. The molecule has 0 aliphatic heterocycles. The Morgan fingerprint density at radius 3 is 2.89 bits per heavy atom. The van der Waals surface area contributed by atoms with E-state index in [2.05, 4.69) is 21.0 Å². The van der Waals surface area contributed by atoms with Crippen LogP contribution in [0.1, 0.15) is 37.8 Å². The SMILES string of the molecule is Cc1[nH]ncc1S(=O)(=O)NCCC1=CCCCC1. The van der Waals surface area contributed by atoms with Crippen LogP contribution in [-0.4, -0.2) is 25.2 Å². The van der Waals surface area contributed by atoms with Gasteiger partial charge < -0.3 is 0 Å². The van der Waals surface area contributed by atoms with Crippen LogP contribution in [0.25, 0.3) is 0 Å². The van der Waals surface area contributed by atoms with Gasteiger partial charge in [0, 0.05) is 6.54 Å². The van der Waals surface area contributed by atoms with E-state index in [1.165, 1.54) is 24.6 Å². The molecule has 0 spiro atoms. The Morgan fingerprint density at radius 2 is 2.28 bits per heavy atom. The van der Waals surface area contributed by atoms with Gasteiger partial charge in [0.25, 0.3) is 0 Å². The van der Waals surface area contributed by atoms with Gasteiger partial charge in [-0.3, -0.25) is 5.10 Å². The van der Waals surface area contributed by atoms with Crippen LogP contribution in [0, 0.1) is 6.92 Å². The molecule has 0 saturated carbocycles. The molecule has 1 aliphatic carbocycles. The van der Waals surface area contributed by atoms with Crippen molar-refractivity contribution in [1.29, 1.82) is 0 Å². The first-order chi connectivity index (χ1) is 8.59. The predicted molar refractivity (Wildman–Crippen MR) is 69.7 cm³/mol. The Kier molecular flexibility index (Phi) is 4.19. The van der Waals surface area contributed by atoms with Crippen molar-refractivity contribution >= 4 is 10.0 Å². The lowest BCUT2D eigenvalue weighted by Gasteiger charge is -2.12. The second kappa shape index (κ2) is 5.67. The zero-order valence-electron chi connectivity index (χ0n) is 10.6. The molecular formula is C12H19N3O2S. The summed E-state index contributed by atoms with van der Waals surface area (Å²) in [5.74, 6) is 0. The van der Waals surface area contributed by atoms with E-state index in [4.69, 9.17) is 0 Å². The number of rotatable bonds is 5. The molecule has 2 rings (SSSR count). The van der Waals surface area contributed by atoms with E-state index in [-0.39, 0.29) is 4.90 Å². The predicted octanol–water partition coefficient (Wildman–Crippen LogP) is 1.89. The van der Waals surface area contributed by atoms with Crippen molar-refractivity contribution in [2.75, 3.05) is 6.54 Å². The first-order valence-electron chi connectivity index (χ1n) is 6.27. The van der Waals surface area contributed by atoms with Gasteiger partial charge in [0.15, 0.2) is 0 Å². The summed E-state index contributed by atoms with van der Waals surface area (Å²) >= 11 is 0. The van der Waals surface area contributed by atoms with Gasteiger partial charge in [-0.15, -0.1) is 0 Å². The van der Waals surface area contributed by atoms with Crippen LogP contribution in [-0.2, 0) is 10.0 Å². The molecule has 18 heavy (non-hydrogen) atoms. The van der Waals surface area contributed by atoms with Crippen molar-refractivity contribution in [3.05, 3.63) is 23.5 Å². The summed E-state index contributed by atoms with van der Waals surface area (Å²) in [7, 11) is -3.42. The number of hydrogen-bond acceptors (Lipinski definition) is 3. The summed E-state index contributed by atoms with van der Waals surface area (Å²) in [6, 6.07) is 0. The van der Waals surface area contributed by atoms with Gasteiger partial charge in [-0.2, -0.15) is 5.10 Å². The number of nitrogens with zero attached hydrogens (tertiary/aromatic N) is 1. The van der Waals surface area contributed by atoms with Crippen LogP contribution >= 0.6 is 0 Å². The van der Waals surface area contributed by atoms with Crippen molar-refractivity contribution in [3.8, 4) is 0 Å². The maximum Gasteiger partial charge on any atom is 0.243 e. The lowest BCUT2D eigenvalue weighted by atomic mass is 9.97. The van der Waals surface area contributed by atoms with Crippen LogP contribution in [0.3, 0.4) is 0 Å². The zero-order valence-corrected chi connectivity index (χ0v) is 11.4. The van der Waals surface area contributed by atoms with E-state index in [1.54, 1.807) is 6.92 Å². The Balaban J connectivity index is 1.90. The molecule has 0 fully saturated rings. The lowest BCUT2D eigenvalue weighted by molar-refractivity contribution is 0.579. The third-order valence-electron chi connectivity index (χ3n) is 3.20. The molecule has 6 heteroatoms. The topological polar surface area (TPSA) is 74.8 Å². The Morgan fingerprint density at radius 1 is 1.44 bits per heavy atom. The molecule has 1 aliphatic rings. The summed E-state index contributed by atoms with van der Waals surface area (Å²) in [4.78, 5) is 0.236. The smallest absolute Gasteiger partial charge is 0.243 e. The number of H-pyrrole nitrogens is 1. The number of hydrogen-bond donors (Lipinski definition) is 2. The highest BCUT2D eigenvalue weighted by Gasteiger charge is 2.17. The minimum atomic E-state index is -3.42. The standard InChI is InChI=1S/C12H19N3O2S/c1-10-12(9-13-15-10)18(16,17)14-8-7-11-5-3-2-4-6-11/h5,9,14H,2-4,6-8H2,1H3,(H,13,15). The molecule has 1 aromatic heterocycles. The lowest BCUT2D eigenvalue weighted by Crippen LogP contribution is -2.25. The highest BCUT2D eigenvalue weighted by atomic mass is 32.2. The third kappa shape index (κ3) is 3.20. The van der Waals surface area contributed by atoms with Crippen LogP contribution < -0.4 is 4.72 Å².